The first-order chi connectivity index (χ1) is 16.5. The molecule has 0 atom stereocenters. The molecule has 1 fully saturated rings. The number of aryl methyl sites for hydroxylation is 1. The number of halogens is 1. The maximum absolute atomic E-state index is 13.6. The Hall–Kier alpha value is -3.93. The van der Waals surface area contributed by atoms with Gasteiger partial charge in [-0.15, -0.1) is 0 Å². The van der Waals surface area contributed by atoms with Crippen molar-refractivity contribution >= 4 is 28.8 Å². The predicted octanol–water partition coefficient (Wildman–Crippen LogP) is 4.55. The molecule has 0 aliphatic carbocycles. The summed E-state index contributed by atoms with van der Waals surface area (Å²) in [5, 5.41) is 0. The fourth-order valence-electron chi connectivity index (χ4n) is 4.75. The summed E-state index contributed by atoms with van der Waals surface area (Å²) in [4.78, 5) is 32.7. The molecule has 172 valence electrons. The van der Waals surface area contributed by atoms with Gasteiger partial charge >= 0.3 is 0 Å². The summed E-state index contributed by atoms with van der Waals surface area (Å²) in [5.74, 6) is -1.16. The summed E-state index contributed by atoms with van der Waals surface area (Å²) < 4.78 is 13.5. The Kier molecular flexibility index (Phi) is 5.65. The van der Waals surface area contributed by atoms with Gasteiger partial charge < -0.3 is 9.80 Å². The number of rotatable bonds is 4. The lowest BCUT2D eigenvalue weighted by molar-refractivity contribution is -0.120. The number of carbonyl (C=O) groups is 2. The minimum Gasteiger partial charge on any atom is -0.368 e. The van der Waals surface area contributed by atoms with Gasteiger partial charge in [0.2, 0.25) is 0 Å². The molecule has 2 amide bonds. The fraction of sp³-hybridized carbons (Fsp3) is 0.214. The Morgan fingerprint density at radius 2 is 1.35 bits per heavy atom. The number of carbonyl (C=O) groups excluding carboxylic acids is 2. The van der Waals surface area contributed by atoms with Crippen molar-refractivity contribution in [1.82, 2.24) is 4.90 Å². The molecule has 2 heterocycles. The highest BCUT2D eigenvalue weighted by Gasteiger charge is 2.43. The predicted molar refractivity (Wildman–Crippen MR) is 132 cm³/mol. The largest absolute Gasteiger partial charge is 0.368 e. The molecule has 34 heavy (non-hydrogen) atoms. The van der Waals surface area contributed by atoms with Crippen LogP contribution >= 0.6 is 0 Å². The van der Waals surface area contributed by atoms with Crippen LogP contribution in [0.4, 0.5) is 15.8 Å². The maximum atomic E-state index is 13.6. The molecular weight excluding hydrogens is 429 g/mol. The quantitative estimate of drug-likeness (QED) is 0.542. The molecule has 0 spiro atoms. The second-order valence-electron chi connectivity index (χ2n) is 8.70. The fourth-order valence-corrected chi connectivity index (χ4v) is 4.75. The summed E-state index contributed by atoms with van der Waals surface area (Å²) in [6, 6.07) is 21.1. The average molecular weight is 456 g/mol. The third kappa shape index (κ3) is 3.75. The first-order valence-corrected chi connectivity index (χ1v) is 11.5. The molecule has 0 unspecified atom stereocenters. The van der Waals surface area contributed by atoms with Crippen LogP contribution in [-0.2, 0) is 9.59 Å². The summed E-state index contributed by atoms with van der Waals surface area (Å²) in [5.41, 5.74) is 5.61. The Labute approximate surface area is 198 Å². The molecule has 5 nitrogen and oxygen atoms in total. The van der Waals surface area contributed by atoms with Gasteiger partial charge in [-0.25, -0.2) is 9.29 Å². The molecule has 5 rings (SSSR count). The molecule has 0 bridgehead atoms. The second kappa shape index (κ2) is 8.78. The summed E-state index contributed by atoms with van der Waals surface area (Å²) >= 11 is 0. The van der Waals surface area contributed by atoms with E-state index in [1.165, 1.54) is 41.1 Å². The average Bonchev–Trinajstić information content (AvgIpc) is 3.12. The van der Waals surface area contributed by atoms with E-state index in [0.29, 0.717) is 35.6 Å². The zero-order chi connectivity index (χ0) is 23.8. The minimum atomic E-state index is -0.415. The van der Waals surface area contributed by atoms with Crippen molar-refractivity contribution in [3.05, 3.63) is 101 Å². The molecule has 2 aliphatic heterocycles. The minimum absolute atomic E-state index is 0.365. The van der Waals surface area contributed by atoms with Crippen LogP contribution in [0, 0.1) is 19.7 Å². The molecular formula is C28H26FN3O2. The van der Waals surface area contributed by atoms with Crippen molar-refractivity contribution in [2.24, 2.45) is 0 Å². The number of hydrogen-bond donors (Lipinski definition) is 0. The van der Waals surface area contributed by atoms with Gasteiger partial charge in [-0.05, 0) is 60.9 Å². The molecule has 6 heteroatoms. The maximum Gasteiger partial charge on any atom is 0.282 e. The van der Waals surface area contributed by atoms with Crippen molar-refractivity contribution in [1.29, 1.82) is 0 Å². The van der Waals surface area contributed by atoms with E-state index in [1.807, 2.05) is 35.2 Å². The van der Waals surface area contributed by atoms with Crippen LogP contribution < -0.4 is 9.80 Å². The van der Waals surface area contributed by atoms with Crippen molar-refractivity contribution in [2.75, 3.05) is 36.0 Å². The van der Waals surface area contributed by atoms with E-state index in [2.05, 4.69) is 36.9 Å². The van der Waals surface area contributed by atoms with Crippen molar-refractivity contribution < 1.29 is 14.0 Å². The first kappa shape index (κ1) is 21.9. The van der Waals surface area contributed by atoms with E-state index >= 15 is 0 Å². The first-order valence-electron chi connectivity index (χ1n) is 11.5. The van der Waals surface area contributed by atoms with Crippen LogP contribution in [0.3, 0.4) is 0 Å². The van der Waals surface area contributed by atoms with Gasteiger partial charge in [-0.2, -0.15) is 0 Å². The van der Waals surface area contributed by atoms with Crippen LogP contribution in [0.1, 0.15) is 16.7 Å². The van der Waals surface area contributed by atoms with Gasteiger partial charge in [0.1, 0.15) is 11.5 Å². The zero-order valence-corrected chi connectivity index (χ0v) is 19.3. The van der Waals surface area contributed by atoms with Gasteiger partial charge in [0, 0.05) is 31.9 Å². The van der Waals surface area contributed by atoms with E-state index in [4.69, 9.17) is 0 Å². The third-order valence-corrected chi connectivity index (χ3v) is 6.72. The van der Waals surface area contributed by atoms with Crippen molar-refractivity contribution in [2.45, 2.75) is 13.8 Å². The molecule has 1 saturated heterocycles. The van der Waals surface area contributed by atoms with Gasteiger partial charge in [0.25, 0.3) is 11.8 Å². The number of piperazine rings is 1. The van der Waals surface area contributed by atoms with Gasteiger partial charge in [0.05, 0.1) is 11.3 Å². The Morgan fingerprint density at radius 1 is 0.706 bits per heavy atom. The monoisotopic (exact) mass is 455 g/mol. The molecule has 0 radical (unpaired) electrons. The van der Waals surface area contributed by atoms with E-state index in [1.54, 1.807) is 0 Å². The van der Waals surface area contributed by atoms with Gasteiger partial charge in [0.15, 0.2) is 0 Å². The molecule has 0 N–H and O–H groups in total. The third-order valence-electron chi connectivity index (χ3n) is 6.72. The lowest BCUT2D eigenvalue weighted by Crippen LogP contribution is -2.48. The highest BCUT2D eigenvalue weighted by Crippen LogP contribution is 2.35. The number of amides is 2. The Bertz CT molecular complexity index is 1280. The van der Waals surface area contributed by atoms with E-state index in [0.717, 1.165) is 18.0 Å². The summed E-state index contributed by atoms with van der Waals surface area (Å²) in [6.07, 6.45) is 0. The van der Waals surface area contributed by atoms with Crippen molar-refractivity contribution in [3.8, 4) is 0 Å². The number of nitrogens with zero attached hydrogens (tertiary/aromatic N) is 3. The SMILES string of the molecule is Cc1cccc(N2CCN(C3=C(c4ccccc4)C(=O)N(c4ccc(F)cc4)C3=O)CC2)c1C. The molecule has 0 aromatic heterocycles. The van der Waals surface area contributed by atoms with E-state index in [9.17, 15) is 14.0 Å². The molecule has 2 aliphatic rings. The van der Waals surface area contributed by atoms with Gasteiger partial charge in [-0.3, -0.25) is 9.59 Å². The highest BCUT2D eigenvalue weighted by atomic mass is 19.1. The number of imide groups is 1. The number of hydrogen-bond acceptors (Lipinski definition) is 4. The van der Waals surface area contributed by atoms with Crippen LogP contribution in [0.25, 0.3) is 5.57 Å². The lowest BCUT2D eigenvalue weighted by atomic mass is 10.0. The summed E-state index contributed by atoms with van der Waals surface area (Å²) in [7, 11) is 0. The van der Waals surface area contributed by atoms with Crippen molar-refractivity contribution in [3.63, 3.8) is 0 Å². The van der Waals surface area contributed by atoms with Gasteiger partial charge in [-0.1, -0.05) is 42.5 Å². The number of anilines is 2. The topological polar surface area (TPSA) is 43.9 Å². The zero-order valence-electron chi connectivity index (χ0n) is 19.3. The highest BCUT2D eigenvalue weighted by molar-refractivity contribution is 6.45. The molecule has 3 aromatic rings. The normalized spacial score (nSPS) is 16.6. The van der Waals surface area contributed by atoms with Crippen LogP contribution in [0.2, 0.25) is 0 Å². The second-order valence-corrected chi connectivity index (χ2v) is 8.70. The van der Waals surface area contributed by atoms with E-state index < -0.39 is 5.82 Å². The summed E-state index contributed by atoms with van der Waals surface area (Å²) in [6.45, 7) is 6.97. The number of benzene rings is 3. The van der Waals surface area contributed by atoms with Crippen LogP contribution in [0.15, 0.2) is 78.5 Å². The van der Waals surface area contributed by atoms with Crippen LogP contribution in [-0.4, -0.2) is 42.9 Å². The van der Waals surface area contributed by atoms with E-state index in [-0.39, 0.29) is 11.8 Å². The van der Waals surface area contributed by atoms with Crippen LogP contribution in [0.5, 0.6) is 0 Å². The molecule has 0 saturated carbocycles. The Balaban J connectivity index is 1.48. The lowest BCUT2D eigenvalue weighted by Gasteiger charge is -2.38. The Morgan fingerprint density at radius 3 is 2.03 bits per heavy atom. The standard InChI is InChI=1S/C28H26FN3O2/c1-19-7-6-10-24(20(19)2)30-15-17-31(18-16-30)26-25(21-8-4-3-5-9-21)27(33)32(28(26)34)23-13-11-22(29)12-14-23/h3-14H,15-18H2,1-2H3. The smallest absolute Gasteiger partial charge is 0.282 e. The molecule has 3 aromatic carbocycles.